The molecule has 1 amide bonds. The third-order valence-electron chi connectivity index (χ3n) is 4.02. The molecule has 0 fully saturated rings. The van der Waals surface area contributed by atoms with E-state index < -0.39 is 15.7 Å². The van der Waals surface area contributed by atoms with Gasteiger partial charge >= 0.3 is 0 Å². The van der Waals surface area contributed by atoms with Crippen molar-refractivity contribution in [1.82, 2.24) is 5.32 Å². The summed E-state index contributed by atoms with van der Waals surface area (Å²) in [6.07, 6.45) is 0. The maximum atomic E-state index is 12.2. The molecule has 0 saturated heterocycles. The van der Waals surface area contributed by atoms with Gasteiger partial charge in [-0.15, -0.1) is 0 Å². The van der Waals surface area contributed by atoms with Gasteiger partial charge in [-0.3, -0.25) is 4.79 Å². The second-order valence-electron chi connectivity index (χ2n) is 6.05. The van der Waals surface area contributed by atoms with E-state index in [-0.39, 0.29) is 29.6 Å². The molecule has 148 valence electrons. The van der Waals surface area contributed by atoms with Gasteiger partial charge in [0.25, 0.3) is 5.91 Å². The van der Waals surface area contributed by atoms with Crippen LogP contribution in [-0.2, 0) is 16.4 Å². The summed E-state index contributed by atoms with van der Waals surface area (Å²) >= 11 is 0. The summed E-state index contributed by atoms with van der Waals surface area (Å²) in [5, 5.41) is 11.6. The number of sulfone groups is 1. The normalized spacial score (nSPS) is 10.9. The first-order valence-corrected chi connectivity index (χ1v) is 10.4. The molecule has 0 aliphatic heterocycles. The fraction of sp³-hybridized carbons (Fsp3) is 0.143. The van der Waals surface area contributed by atoms with Crippen LogP contribution in [0.3, 0.4) is 0 Å². The molecule has 1 heterocycles. The van der Waals surface area contributed by atoms with Gasteiger partial charge in [0.15, 0.2) is 15.6 Å². The molecule has 3 rings (SSSR count). The number of amides is 1. The van der Waals surface area contributed by atoms with Gasteiger partial charge in [0, 0.05) is 6.54 Å². The van der Waals surface area contributed by atoms with Crippen molar-refractivity contribution in [2.45, 2.75) is 11.5 Å². The topological polar surface area (TPSA) is 109 Å². The predicted molar refractivity (Wildman–Crippen MR) is 105 cm³/mol. The maximum absolute atomic E-state index is 12.2. The Morgan fingerprint density at radius 3 is 2.52 bits per heavy atom. The number of benzene rings is 2. The molecule has 8 heteroatoms. The minimum absolute atomic E-state index is 0.0435. The zero-order valence-corrected chi connectivity index (χ0v) is 16.2. The van der Waals surface area contributed by atoms with Gasteiger partial charge < -0.3 is 14.5 Å². The molecule has 0 unspecified atom stereocenters. The van der Waals surface area contributed by atoms with Gasteiger partial charge in [-0.1, -0.05) is 30.3 Å². The van der Waals surface area contributed by atoms with Crippen LogP contribution in [0.4, 0.5) is 0 Å². The molecule has 0 bridgehead atoms. The first-order chi connectivity index (χ1) is 14.0. The first kappa shape index (κ1) is 20.2. The number of nitriles is 1. The van der Waals surface area contributed by atoms with Crippen molar-refractivity contribution in [3.05, 3.63) is 83.8 Å². The zero-order chi connectivity index (χ0) is 20.7. The lowest BCUT2D eigenvalue weighted by Crippen LogP contribution is -2.28. The van der Waals surface area contributed by atoms with Crippen molar-refractivity contribution in [2.24, 2.45) is 0 Å². The monoisotopic (exact) mass is 410 g/mol. The highest BCUT2D eigenvalue weighted by molar-refractivity contribution is 7.91. The van der Waals surface area contributed by atoms with Gasteiger partial charge in [-0.25, -0.2) is 8.42 Å². The van der Waals surface area contributed by atoms with Crippen LogP contribution in [0.2, 0.25) is 0 Å². The van der Waals surface area contributed by atoms with E-state index in [9.17, 15) is 13.2 Å². The highest BCUT2D eigenvalue weighted by atomic mass is 32.2. The average molecular weight is 410 g/mol. The minimum atomic E-state index is -3.47. The molecule has 3 aromatic rings. The maximum Gasteiger partial charge on any atom is 0.287 e. The number of rotatable bonds is 8. The Morgan fingerprint density at radius 2 is 1.76 bits per heavy atom. The second kappa shape index (κ2) is 9.08. The Labute approximate surface area is 168 Å². The van der Waals surface area contributed by atoms with Gasteiger partial charge in [-0.2, -0.15) is 5.26 Å². The molecule has 0 atom stereocenters. The van der Waals surface area contributed by atoms with E-state index >= 15 is 0 Å². The molecule has 0 aliphatic rings. The molecule has 1 aromatic heterocycles. The first-order valence-electron chi connectivity index (χ1n) is 8.76. The molecule has 7 nitrogen and oxygen atoms in total. The van der Waals surface area contributed by atoms with E-state index in [0.29, 0.717) is 17.1 Å². The number of ether oxygens (including phenoxy) is 1. The summed E-state index contributed by atoms with van der Waals surface area (Å²) in [5.74, 6) is 0.138. The van der Waals surface area contributed by atoms with Crippen LogP contribution in [-0.4, -0.2) is 26.6 Å². The highest BCUT2D eigenvalue weighted by Crippen LogP contribution is 2.19. The molecule has 1 N–H and O–H groups in total. The molecule has 0 spiro atoms. The predicted octanol–water partition coefficient (Wildman–Crippen LogP) is 2.93. The lowest BCUT2D eigenvalue weighted by molar-refractivity contribution is 0.0924. The van der Waals surface area contributed by atoms with E-state index in [2.05, 4.69) is 5.32 Å². The number of carbonyl (C=O) groups excluding carboxylic acids is 1. The van der Waals surface area contributed by atoms with Crippen LogP contribution in [0.25, 0.3) is 0 Å². The number of nitrogens with zero attached hydrogens (tertiary/aromatic N) is 1. The zero-order valence-electron chi connectivity index (χ0n) is 15.4. The highest BCUT2D eigenvalue weighted by Gasteiger charge is 2.16. The van der Waals surface area contributed by atoms with Crippen molar-refractivity contribution in [3.63, 3.8) is 0 Å². The summed E-state index contributed by atoms with van der Waals surface area (Å²) in [5.41, 5.74) is 0.400. The van der Waals surface area contributed by atoms with Gasteiger partial charge in [0.2, 0.25) is 0 Å². The average Bonchev–Trinajstić information content (AvgIpc) is 3.22. The number of para-hydroxylation sites is 1. The lowest BCUT2D eigenvalue weighted by Gasteiger charge is -2.06. The fourth-order valence-corrected chi connectivity index (χ4v) is 3.72. The third kappa shape index (κ3) is 5.24. The third-order valence-corrected chi connectivity index (χ3v) is 5.75. The quantitative estimate of drug-likeness (QED) is 0.611. The van der Waals surface area contributed by atoms with E-state index in [4.69, 9.17) is 14.4 Å². The Morgan fingerprint density at radius 1 is 1.03 bits per heavy atom. The van der Waals surface area contributed by atoms with Crippen molar-refractivity contribution >= 4 is 15.7 Å². The van der Waals surface area contributed by atoms with E-state index in [1.807, 2.05) is 6.07 Å². The molecule has 0 radical (unpaired) electrons. The van der Waals surface area contributed by atoms with Crippen LogP contribution in [0.15, 0.2) is 76.0 Å². The van der Waals surface area contributed by atoms with Gasteiger partial charge in [0.1, 0.15) is 24.2 Å². The summed E-state index contributed by atoms with van der Waals surface area (Å²) in [4.78, 5) is 12.4. The van der Waals surface area contributed by atoms with Crippen LogP contribution in [0, 0.1) is 11.3 Å². The standard InChI is InChI=1S/C21H18N2O5S/c22-14-16-6-4-5-9-19(16)27-15-17-10-11-20(28-17)21(24)23-12-13-29(25,26)18-7-2-1-3-8-18/h1-11H,12-13,15H2,(H,23,24). The Bertz CT molecular complexity index is 1130. The van der Waals surface area contributed by atoms with E-state index in [1.165, 1.54) is 18.2 Å². The Balaban J connectivity index is 1.52. The van der Waals surface area contributed by atoms with E-state index in [1.54, 1.807) is 48.5 Å². The summed E-state index contributed by atoms with van der Waals surface area (Å²) < 4.78 is 35.4. The number of hydrogen-bond acceptors (Lipinski definition) is 6. The second-order valence-corrected chi connectivity index (χ2v) is 8.16. The minimum Gasteiger partial charge on any atom is -0.484 e. The van der Waals surface area contributed by atoms with E-state index in [0.717, 1.165) is 0 Å². The molecular formula is C21H18N2O5S. The SMILES string of the molecule is N#Cc1ccccc1OCc1ccc(C(=O)NCCS(=O)(=O)c2ccccc2)o1. The summed E-state index contributed by atoms with van der Waals surface area (Å²) in [6, 6.07) is 20.0. The van der Waals surface area contributed by atoms with Gasteiger partial charge in [-0.05, 0) is 36.4 Å². The number of hydrogen-bond donors (Lipinski definition) is 1. The van der Waals surface area contributed by atoms with Crippen molar-refractivity contribution in [1.29, 1.82) is 5.26 Å². The van der Waals surface area contributed by atoms with Crippen molar-refractivity contribution < 1.29 is 22.4 Å². The van der Waals surface area contributed by atoms with Crippen molar-refractivity contribution in [2.75, 3.05) is 12.3 Å². The van der Waals surface area contributed by atoms with Crippen molar-refractivity contribution in [3.8, 4) is 11.8 Å². The van der Waals surface area contributed by atoms with Gasteiger partial charge in [0.05, 0.1) is 16.2 Å². The largest absolute Gasteiger partial charge is 0.484 e. The number of furan rings is 1. The Hall–Kier alpha value is -3.57. The molecule has 29 heavy (non-hydrogen) atoms. The smallest absolute Gasteiger partial charge is 0.287 e. The molecular weight excluding hydrogens is 392 g/mol. The molecule has 2 aromatic carbocycles. The van der Waals surface area contributed by atoms with Crippen LogP contribution < -0.4 is 10.1 Å². The molecule has 0 aliphatic carbocycles. The molecule has 0 saturated carbocycles. The van der Waals surface area contributed by atoms with Crippen LogP contribution >= 0.6 is 0 Å². The fourth-order valence-electron chi connectivity index (χ4n) is 2.54. The Kier molecular flexibility index (Phi) is 6.32. The number of nitrogens with one attached hydrogen (secondary N) is 1. The lowest BCUT2D eigenvalue weighted by atomic mass is 10.2. The summed E-state index contributed by atoms with van der Waals surface area (Å²) in [6.45, 7) is 0.00645. The summed E-state index contributed by atoms with van der Waals surface area (Å²) in [7, 11) is -3.47. The number of carbonyl (C=O) groups is 1. The van der Waals surface area contributed by atoms with Crippen LogP contribution in [0.1, 0.15) is 21.9 Å². The van der Waals surface area contributed by atoms with Crippen LogP contribution in [0.5, 0.6) is 5.75 Å².